The number of carboxylic acid groups (broad SMARTS) is 1. The summed E-state index contributed by atoms with van der Waals surface area (Å²) in [5, 5.41) is 15.2. The molecule has 0 aliphatic heterocycles. The minimum absolute atomic E-state index is 0.314. The van der Waals surface area contributed by atoms with E-state index in [0.717, 1.165) is 22.8 Å². The van der Waals surface area contributed by atoms with E-state index in [4.69, 9.17) is 5.11 Å². The maximum Gasteiger partial charge on any atom is 0.335 e. The predicted octanol–water partition coefficient (Wildman–Crippen LogP) is 2.44. The third-order valence-electron chi connectivity index (χ3n) is 2.50. The van der Waals surface area contributed by atoms with Crippen LogP contribution in [-0.4, -0.2) is 16.1 Å². The van der Waals surface area contributed by atoms with Gasteiger partial charge in [0.2, 0.25) is 0 Å². The summed E-state index contributed by atoms with van der Waals surface area (Å²) in [5.74, 6) is -0.896. The number of hydrogen-bond donors (Lipinski definition) is 2. The van der Waals surface area contributed by atoms with Gasteiger partial charge in [-0.25, -0.2) is 9.78 Å². The first-order valence-corrected chi connectivity index (χ1v) is 6.47. The van der Waals surface area contributed by atoms with E-state index in [1.54, 1.807) is 23.5 Å². The van der Waals surface area contributed by atoms with Crippen LogP contribution in [0.5, 0.6) is 0 Å². The minimum Gasteiger partial charge on any atom is -0.478 e. The van der Waals surface area contributed by atoms with E-state index in [1.807, 2.05) is 24.4 Å². The van der Waals surface area contributed by atoms with Crippen molar-refractivity contribution in [2.75, 3.05) is 0 Å². The molecule has 2 aromatic rings. The van der Waals surface area contributed by atoms with E-state index in [0.29, 0.717) is 12.1 Å². The summed E-state index contributed by atoms with van der Waals surface area (Å²) in [7, 11) is 0. The second-order valence-corrected chi connectivity index (χ2v) is 5.03. The average Bonchev–Trinajstić information content (AvgIpc) is 2.76. The van der Waals surface area contributed by atoms with Crippen LogP contribution in [0, 0.1) is 6.92 Å². The normalized spacial score (nSPS) is 10.5. The third kappa shape index (κ3) is 3.38. The number of nitrogens with zero attached hydrogens (tertiary/aromatic N) is 1. The van der Waals surface area contributed by atoms with E-state index in [1.165, 1.54) is 0 Å². The van der Waals surface area contributed by atoms with E-state index >= 15 is 0 Å². The Bertz CT molecular complexity index is 534. The summed E-state index contributed by atoms with van der Waals surface area (Å²) in [6.07, 6.45) is 0. The zero-order chi connectivity index (χ0) is 13.0. The quantitative estimate of drug-likeness (QED) is 0.868. The number of benzene rings is 1. The number of carboxylic acids is 1. The van der Waals surface area contributed by atoms with Gasteiger partial charge in [0.25, 0.3) is 0 Å². The van der Waals surface area contributed by atoms with Gasteiger partial charge in [-0.2, -0.15) is 0 Å². The Kier molecular flexibility index (Phi) is 4.07. The molecule has 0 atom stereocenters. The highest BCUT2D eigenvalue weighted by Crippen LogP contribution is 2.08. The highest BCUT2D eigenvalue weighted by atomic mass is 32.1. The van der Waals surface area contributed by atoms with Crippen molar-refractivity contribution in [3.8, 4) is 0 Å². The maximum absolute atomic E-state index is 10.7. The summed E-state index contributed by atoms with van der Waals surface area (Å²) in [6, 6.07) is 6.88. The molecule has 18 heavy (non-hydrogen) atoms. The molecule has 0 unspecified atom stereocenters. The number of aryl methyl sites for hydroxylation is 1. The first-order valence-electron chi connectivity index (χ1n) is 5.59. The lowest BCUT2D eigenvalue weighted by Crippen LogP contribution is -2.13. The molecule has 0 fully saturated rings. The topological polar surface area (TPSA) is 62.2 Å². The van der Waals surface area contributed by atoms with E-state index < -0.39 is 5.97 Å². The van der Waals surface area contributed by atoms with Crippen molar-refractivity contribution in [1.29, 1.82) is 0 Å². The molecule has 5 heteroatoms. The van der Waals surface area contributed by atoms with Gasteiger partial charge in [-0.05, 0) is 24.6 Å². The van der Waals surface area contributed by atoms with Crippen LogP contribution >= 0.6 is 11.3 Å². The first kappa shape index (κ1) is 12.7. The number of thiazole rings is 1. The number of hydrogen-bond acceptors (Lipinski definition) is 4. The van der Waals surface area contributed by atoms with Crippen LogP contribution in [0.15, 0.2) is 29.6 Å². The average molecular weight is 262 g/mol. The SMILES string of the molecule is Cc1nc(CNCc2ccc(C(=O)O)cc2)cs1. The van der Waals surface area contributed by atoms with Gasteiger partial charge in [0.15, 0.2) is 0 Å². The number of aromatic nitrogens is 1. The molecule has 1 aromatic carbocycles. The molecule has 0 radical (unpaired) electrons. The van der Waals surface area contributed by atoms with Gasteiger partial charge < -0.3 is 10.4 Å². The molecule has 2 rings (SSSR count). The zero-order valence-corrected chi connectivity index (χ0v) is 10.8. The van der Waals surface area contributed by atoms with Crippen LogP contribution in [0.4, 0.5) is 0 Å². The van der Waals surface area contributed by atoms with Gasteiger partial charge in [0, 0.05) is 18.5 Å². The van der Waals surface area contributed by atoms with Crippen LogP contribution in [0.3, 0.4) is 0 Å². The fraction of sp³-hybridized carbons (Fsp3) is 0.231. The van der Waals surface area contributed by atoms with Crippen molar-refractivity contribution in [3.63, 3.8) is 0 Å². The maximum atomic E-state index is 10.7. The standard InChI is InChI=1S/C13H14N2O2S/c1-9-15-12(8-18-9)7-14-6-10-2-4-11(5-3-10)13(16)17/h2-5,8,14H,6-7H2,1H3,(H,16,17). The highest BCUT2D eigenvalue weighted by molar-refractivity contribution is 7.09. The van der Waals surface area contributed by atoms with Gasteiger partial charge in [-0.15, -0.1) is 11.3 Å². The highest BCUT2D eigenvalue weighted by Gasteiger charge is 2.02. The number of carbonyl (C=O) groups is 1. The molecule has 0 saturated carbocycles. The predicted molar refractivity (Wildman–Crippen MR) is 70.8 cm³/mol. The molecule has 0 bridgehead atoms. The van der Waals surface area contributed by atoms with E-state index in [-0.39, 0.29) is 0 Å². The molecular weight excluding hydrogens is 248 g/mol. The number of nitrogens with one attached hydrogen (secondary N) is 1. The van der Waals surface area contributed by atoms with Crippen molar-refractivity contribution in [2.45, 2.75) is 20.0 Å². The van der Waals surface area contributed by atoms with Crippen LogP contribution in [0.2, 0.25) is 0 Å². The zero-order valence-electron chi connectivity index (χ0n) is 10.0. The Balaban J connectivity index is 1.85. The summed E-state index contributed by atoms with van der Waals surface area (Å²) < 4.78 is 0. The van der Waals surface area contributed by atoms with Crippen molar-refractivity contribution in [2.24, 2.45) is 0 Å². The second kappa shape index (κ2) is 5.75. The van der Waals surface area contributed by atoms with Gasteiger partial charge in [-0.3, -0.25) is 0 Å². The van der Waals surface area contributed by atoms with Crippen molar-refractivity contribution in [1.82, 2.24) is 10.3 Å². The second-order valence-electron chi connectivity index (χ2n) is 3.96. The van der Waals surface area contributed by atoms with E-state index in [2.05, 4.69) is 10.3 Å². The lowest BCUT2D eigenvalue weighted by molar-refractivity contribution is 0.0697. The van der Waals surface area contributed by atoms with Crippen molar-refractivity contribution < 1.29 is 9.90 Å². The van der Waals surface area contributed by atoms with Gasteiger partial charge in [0.05, 0.1) is 16.3 Å². The van der Waals surface area contributed by atoms with Crippen LogP contribution < -0.4 is 5.32 Å². The summed E-state index contributed by atoms with van der Waals surface area (Å²) in [6.45, 7) is 3.42. The molecule has 4 nitrogen and oxygen atoms in total. The molecule has 0 amide bonds. The Morgan fingerprint density at radius 2 is 2.06 bits per heavy atom. The van der Waals surface area contributed by atoms with Gasteiger partial charge >= 0.3 is 5.97 Å². The largest absolute Gasteiger partial charge is 0.478 e. The first-order chi connectivity index (χ1) is 8.65. The van der Waals surface area contributed by atoms with Crippen molar-refractivity contribution >= 4 is 17.3 Å². The summed E-state index contributed by atoms with van der Waals surface area (Å²) >= 11 is 1.64. The third-order valence-corrected chi connectivity index (χ3v) is 3.33. The summed E-state index contributed by atoms with van der Waals surface area (Å²) in [5.41, 5.74) is 2.42. The Morgan fingerprint density at radius 1 is 1.33 bits per heavy atom. The van der Waals surface area contributed by atoms with Crippen LogP contribution in [-0.2, 0) is 13.1 Å². The molecule has 2 N–H and O–H groups in total. The fourth-order valence-corrected chi connectivity index (χ4v) is 2.20. The molecule has 94 valence electrons. The Morgan fingerprint density at radius 3 is 2.61 bits per heavy atom. The van der Waals surface area contributed by atoms with E-state index in [9.17, 15) is 4.79 Å². The fourth-order valence-electron chi connectivity index (χ4n) is 1.59. The molecule has 0 aliphatic carbocycles. The molecule has 0 aliphatic rings. The Hall–Kier alpha value is -1.72. The number of rotatable bonds is 5. The monoisotopic (exact) mass is 262 g/mol. The molecule has 1 aromatic heterocycles. The van der Waals surface area contributed by atoms with Crippen LogP contribution in [0.25, 0.3) is 0 Å². The lowest BCUT2D eigenvalue weighted by Gasteiger charge is -2.03. The van der Waals surface area contributed by atoms with Crippen LogP contribution in [0.1, 0.15) is 26.6 Å². The van der Waals surface area contributed by atoms with Crippen molar-refractivity contribution in [3.05, 3.63) is 51.5 Å². The molecular formula is C13H14N2O2S. The molecule has 1 heterocycles. The minimum atomic E-state index is -0.896. The number of aromatic carboxylic acids is 1. The summed E-state index contributed by atoms with van der Waals surface area (Å²) in [4.78, 5) is 15.0. The Labute approximate surface area is 109 Å². The van der Waals surface area contributed by atoms with Gasteiger partial charge in [0.1, 0.15) is 0 Å². The lowest BCUT2D eigenvalue weighted by atomic mass is 10.1. The van der Waals surface area contributed by atoms with Gasteiger partial charge in [-0.1, -0.05) is 12.1 Å². The smallest absolute Gasteiger partial charge is 0.335 e. The molecule has 0 spiro atoms. The molecule has 0 saturated heterocycles.